The summed E-state index contributed by atoms with van der Waals surface area (Å²) in [4.78, 5) is 12.8. The summed E-state index contributed by atoms with van der Waals surface area (Å²) in [6.45, 7) is 8.11. The second-order valence-electron chi connectivity index (χ2n) is 9.70. The van der Waals surface area contributed by atoms with Gasteiger partial charge in [0.15, 0.2) is 15.0 Å². The lowest BCUT2D eigenvalue weighted by molar-refractivity contribution is -0.110. The van der Waals surface area contributed by atoms with Crippen LogP contribution in [0.1, 0.15) is 45.9 Å². The number of anilines is 1. The van der Waals surface area contributed by atoms with Crippen LogP contribution in [0.2, 0.25) is 0 Å². The van der Waals surface area contributed by atoms with Crippen molar-refractivity contribution in [2.75, 3.05) is 5.01 Å². The Morgan fingerprint density at radius 3 is 1.70 bits per heavy atom. The van der Waals surface area contributed by atoms with E-state index in [2.05, 4.69) is 111 Å². The number of aryl methyl sites for hydroxylation is 3. The Morgan fingerprint density at radius 2 is 1.16 bits per heavy atom. The Hall–Kier alpha value is -3.28. The SMILES string of the molecule is CC(=O)C1=NN(c2ccccc2C)C2(S1)SC(c1ccccc1C)(c1ccccc1C)c1ccccc12. The van der Waals surface area contributed by atoms with Crippen molar-refractivity contribution in [1.82, 2.24) is 0 Å². The third-order valence-corrected chi connectivity index (χ3v) is 10.7. The number of rotatable bonds is 4. The molecule has 0 aliphatic carbocycles. The van der Waals surface area contributed by atoms with Crippen molar-refractivity contribution >= 4 is 40.0 Å². The second-order valence-corrected chi connectivity index (χ2v) is 12.5. The van der Waals surface area contributed by atoms with E-state index in [0.29, 0.717) is 5.04 Å². The molecule has 4 aromatic rings. The quantitative estimate of drug-likeness (QED) is 0.274. The molecule has 0 bridgehead atoms. The molecule has 0 fully saturated rings. The molecule has 4 aromatic carbocycles. The lowest BCUT2D eigenvalue weighted by Crippen LogP contribution is -2.34. The number of carbonyl (C=O) groups excluding carboxylic acids is 1. The maximum absolute atomic E-state index is 12.8. The van der Waals surface area contributed by atoms with Crippen molar-refractivity contribution in [2.45, 2.75) is 36.6 Å². The minimum absolute atomic E-state index is 0.0113. The number of benzene rings is 4. The van der Waals surface area contributed by atoms with E-state index in [1.165, 1.54) is 33.4 Å². The average Bonchev–Trinajstić information content (AvgIpc) is 3.42. The Bertz CT molecular complexity index is 1530. The molecule has 0 N–H and O–H groups in total. The number of hydrogen-bond donors (Lipinski definition) is 0. The van der Waals surface area contributed by atoms with Crippen molar-refractivity contribution < 1.29 is 4.79 Å². The smallest absolute Gasteiger partial charge is 0.187 e. The number of carbonyl (C=O) groups is 1. The Labute approximate surface area is 227 Å². The van der Waals surface area contributed by atoms with E-state index in [-0.39, 0.29) is 5.78 Å². The van der Waals surface area contributed by atoms with Gasteiger partial charge in [-0.1, -0.05) is 115 Å². The first kappa shape index (κ1) is 24.1. The highest BCUT2D eigenvalue weighted by Gasteiger charge is 2.62. The third-order valence-electron chi connectivity index (χ3n) is 7.34. The summed E-state index contributed by atoms with van der Waals surface area (Å²) in [5, 5.41) is 7.63. The van der Waals surface area contributed by atoms with Crippen LogP contribution in [0.5, 0.6) is 0 Å². The van der Waals surface area contributed by atoms with E-state index < -0.39 is 8.95 Å². The highest BCUT2D eigenvalue weighted by Crippen LogP contribution is 2.71. The van der Waals surface area contributed by atoms with Gasteiger partial charge < -0.3 is 0 Å². The minimum Gasteiger partial charge on any atom is -0.292 e. The van der Waals surface area contributed by atoms with Gasteiger partial charge in [0.25, 0.3) is 0 Å². The van der Waals surface area contributed by atoms with E-state index in [1.54, 1.807) is 18.7 Å². The van der Waals surface area contributed by atoms with Gasteiger partial charge in [-0.2, -0.15) is 5.10 Å². The highest BCUT2D eigenvalue weighted by atomic mass is 32.2. The fourth-order valence-electron chi connectivity index (χ4n) is 5.60. The molecule has 1 spiro atoms. The fraction of sp³-hybridized carbons (Fsp3) is 0.188. The molecule has 0 saturated carbocycles. The maximum atomic E-state index is 12.8. The monoisotopic (exact) mass is 520 g/mol. The van der Waals surface area contributed by atoms with Gasteiger partial charge in [-0.15, -0.1) is 0 Å². The van der Waals surface area contributed by atoms with Crippen LogP contribution >= 0.6 is 23.5 Å². The molecule has 0 amide bonds. The maximum Gasteiger partial charge on any atom is 0.187 e. The minimum atomic E-state index is -0.645. The van der Waals surface area contributed by atoms with Crippen molar-refractivity contribution in [3.05, 3.63) is 136 Å². The average molecular weight is 521 g/mol. The zero-order chi connectivity index (χ0) is 25.8. The molecule has 5 heteroatoms. The number of para-hydroxylation sites is 1. The van der Waals surface area contributed by atoms with Gasteiger partial charge in [-0.25, -0.2) is 5.01 Å². The first-order chi connectivity index (χ1) is 17.9. The first-order valence-corrected chi connectivity index (χ1v) is 14.1. The molecule has 1 unspecified atom stereocenters. The predicted molar refractivity (Wildman–Crippen MR) is 157 cm³/mol. The van der Waals surface area contributed by atoms with Crippen LogP contribution < -0.4 is 5.01 Å². The molecular formula is C32H28N2OS2. The van der Waals surface area contributed by atoms with E-state index in [1.807, 2.05) is 23.9 Å². The van der Waals surface area contributed by atoms with Crippen molar-refractivity contribution in [3.8, 4) is 0 Å². The summed E-state index contributed by atoms with van der Waals surface area (Å²) in [5.74, 6) is -0.0113. The lowest BCUT2D eigenvalue weighted by Gasteiger charge is -2.38. The van der Waals surface area contributed by atoms with E-state index in [0.717, 1.165) is 11.3 Å². The number of nitrogens with zero attached hydrogens (tertiary/aromatic N) is 2. The van der Waals surface area contributed by atoms with Crippen LogP contribution in [0.15, 0.2) is 102 Å². The topological polar surface area (TPSA) is 32.7 Å². The van der Waals surface area contributed by atoms with Gasteiger partial charge in [-0.05, 0) is 60.2 Å². The Morgan fingerprint density at radius 1 is 0.676 bits per heavy atom. The van der Waals surface area contributed by atoms with Gasteiger partial charge in [0.2, 0.25) is 0 Å². The standard InChI is InChI=1S/C32H28N2OS2/c1-21-13-5-8-16-25(21)31(26-17-9-6-14-22(26)2)27-18-10-11-19-28(27)32(37-31)34(33-30(36-32)24(4)35)29-20-12-7-15-23(29)3/h5-20H,1-4H3. The summed E-state index contributed by atoms with van der Waals surface area (Å²) >= 11 is 3.46. The summed E-state index contributed by atoms with van der Waals surface area (Å²) in [5.41, 5.74) is 9.57. The van der Waals surface area contributed by atoms with Crippen molar-refractivity contribution in [2.24, 2.45) is 5.10 Å². The molecule has 0 aromatic heterocycles. The van der Waals surface area contributed by atoms with E-state index in [9.17, 15) is 4.79 Å². The van der Waals surface area contributed by atoms with Gasteiger partial charge in [0.1, 0.15) is 0 Å². The molecule has 0 saturated heterocycles. The summed E-state index contributed by atoms with van der Waals surface area (Å²) in [6.07, 6.45) is 0. The lowest BCUT2D eigenvalue weighted by atomic mass is 9.79. The molecule has 37 heavy (non-hydrogen) atoms. The molecule has 2 aliphatic heterocycles. The van der Waals surface area contributed by atoms with Gasteiger partial charge in [-0.3, -0.25) is 4.79 Å². The van der Waals surface area contributed by atoms with Crippen LogP contribution in [-0.2, 0) is 13.7 Å². The normalized spacial score (nSPS) is 19.7. The summed E-state index contributed by atoms with van der Waals surface area (Å²) in [6, 6.07) is 34.4. The van der Waals surface area contributed by atoms with E-state index in [4.69, 9.17) is 5.10 Å². The molecule has 2 aliphatic rings. The van der Waals surface area contributed by atoms with Crippen LogP contribution in [0, 0.1) is 20.8 Å². The van der Waals surface area contributed by atoms with Gasteiger partial charge in [0, 0.05) is 12.5 Å². The zero-order valence-electron chi connectivity index (χ0n) is 21.4. The summed E-state index contributed by atoms with van der Waals surface area (Å²) in [7, 11) is 0. The van der Waals surface area contributed by atoms with Gasteiger partial charge >= 0.3 is 0 Å². The van der Waals surface area contributed by atoms with E-state index >= 15 is 0 Å². The fourth-order valence-corrected chi connectivity index (χ4v) is 9.32. The molecule has 2 heterocycles. The molecule has 6 rings (SSSR count). The van der Waals surface area contributed by atoms with Crippen LogP contribution in [-0.4, -0.2) is 10.8 Å². The number of hydrazone groups is 1. The number of thioether (sulfide) groups is 2. The summed E-state index contributed by atoms with van der Waals surface area (Å²) < 4.78 is -1.13. The Kier molecular flexibility index (Phi) is 5.81. The van der Waals surface area contributed by atoms with Crippen LogP contribution in [0.4, 0.5) is 5.69 Å². The van der Waals surface area contributed by atoms with Gasteiger partial charge in [0.05, 0.1) is 10.4 Å². The molecular weight excluding hydrogens is 492 g/mol. The molecule has 184 valence electrons. The Balaban J connectivity index is 1.70. The largest absolute Gasteiger partial charge is 0.292 e. The van der Waals surface area contributed by atoms with Crippen LogP contribution in [0.3, 0.4) is 0 Å². The molecule has 1 atom stereocenters. The third kappa shape index (κ3) is 3.52. The first-order valence-electron chi connectivity index (χ1n) is 12.5. The predicted octanol–water partition coefficient (Wildman–Crippen LogP) is 7.92. The molecule has 3 nitrogen and oxygen atoms in total. The molecule has 0 radical (unpaired) electrons. The van der Waals surface area contributed by atoms with Crippen molar-refractivity contribution in [3.63, 3.8) is 0 Å². The number of hydrogen-bond acceptors (Lipinski definition) is 5. The zero-order valence-corrected chi connectivity index (χ0v) is 23.0. The number of Topliss-reactive ketones (excluding diaryl/α,β-unsaturated/α-hetero) is 1. The number of fused-ring (bicyclic) bond motifs is 2. The van der Waals surface area contributed by atoms with Crippen LogP contribution in [0.25, 0.3) is 0 Å². The van der Waals surface area contributed by atoms with Crippen molar-refractivity contribution in [1.29, 1.82) is 0 Å². The number of ketones is 1. The second kappa shape index (κ2) is 8.93. The highest BCUT2D eigenvalue weighted by molar-refractivity contribution is 8.27.